The van der Waals surface area contributed by atoms with Gasteiger partial charge in [0.2, 0.25) is 0 Å². The van der Waals surface area contributed by atoms with E-state index >= 15 is 0 Å². The third-order valence-corrected chi connectivity index (χ3v) is 4.94. The zero-order valence-electron chi connectivity index (χ0n) is 13.4. The summed E-state index contributed by atoms with van der Waals surface area (Å²) in [5.74, 6) is 1.38. The molecule has 0 unspecified atom stereocenters. The van der Waals surface area contributed by atoms with Gasteiger partial charge in [0.15, 0.2) is 11.5 Å². The molecule has 0 radical (unpaired) electrons. The molecule has 2 aromatic rings. The highest BCUT2D eigenvalue weighted by Crippen LogP contribution is 2.26. The van der Waals surface area contributed by atoms with E-state index in [9.17, 15) is 5.11 Å². The highest BCUT2D eigenvalue weighted by atomic mass is 16.3. The maximum absolute atomic E-state index is 9.21. The molecule has 1 aliphatic rings. The first-order valence-electron chi connectivity index (χ1n) is 8.42. The van der Waals surface area contributed by atoms with Gasteiger partial charge in [-0.1, -0.05) is 12.1 Å². The van der Waals surface area contributed by atoms with Crippen LogP contribution in [0.15, 0.2) is 28.7 Å². The van der Waals surface area contributed by atoms with Crippen LogP contribution >= 0.6 is 0 Å². The Morgan fingerprint density at radius 3 is 2.73 bits per heavy atom. The summed E-state index contributed by atoms with van der Waals surface area (Å²) in [4.78, 5) is 7.00. The Kier molecular flexibility index (Phi) is 5.11. The number of fused-ring (bicyclic) bond motifs is 1. The van der Waals surface area contributed by atoms with E-state index in [1.54, 1.807) is 0 Å². The lowest BCUT2D eigenvalue weighted by molar-refractivity contribution is 0.127. The van der Waals surface area contributed by atoms with Gasteiger partial charge in [-0.3, -0.25) is 0 Å². The van der Waals surface area contributed by atoms with E-state index in [1.807, 2.05) is 24.3 Å². The number of aliphatic hydroxyl groups is 1. The van der Waals surface area contributed by atoms with E-state index < -0.39 is 0 Å². The summed E-state index contributed by atoms with van der Waals surface area (Å²) in [7, 11) is 2.22. The SMILES string of the molecule is CN(CCCc1nc2ccccc2o1)C1CCC(CO)CC1. The number of aromatic nitrogens is 1. The lowest BCUT2D eigenvalue weighted by atomic mass is 9.86. The monoisotopic (exact) mass is 302 g/mol. The predicted octanol–water partition coefficient (Wildman–Crippen LogP) is 3.24. The van der Waals surface area contributed by atoms with Crippen molar-refractivity contribution in [2.45, 2.75) is 44.6 Å². The van der Waals surface area contributed by atoms with Crippen LogP contribution in [0.4, 0.5) is 0 Å². The van der Waals surface area contributed by atoms with E-state index in [0.29, 0.717) is 18.6 Å². The zero-order valence-corrected chi connectivity index (χ0v) is 13.4. The topological polar surface area (TPSA) is 49.5 Å². The first-order chi connectivity index (χ1) is 10.8. The number of nitrogens with zero attached hydrogens (tertiary/aromatic N) is 2. The van der Waals surface area contributed by atoms with Crippen molar-refractivity contribution in [3.63, 3.8) is 0 Å². The van der Waals surface area contributed by atoms with Gasteiger partial charge in [0.25, 0.3) is 0 Å². The number of oxazole rings is 1. The van der Waals surface area contributed by atoms with Crippen molar-refractivity contribution in [2.75, 3.05) is 20.2 Å². The molecule has 1 aromatic carbocycles. The van der Waals surface area contributed by atoms with Crippen molar-refractivity contribution < 1.29 is 9.52 Å². The van der Waals surface area contributed by atoms with Gasteiger partial charge in [0.1, 0.15) is 5.52 Å². The van der Waals surface area contributed by atoms with Gasteiger partial charge in [-0.2, -0.15) is 0 Å². The molecule has 1 heterocycles. The molecule has 1 aromatic heterocycles. The normalized spacial score (nSPS) is 22.5. The third-order valence-electron chi connectivity index (χ3n) is 4.94. The van der Waals surface area contributed by atoms with Crippen LogP contribution in [0.1, 0.15) is 38.0 Å². The van der Waals surface area contributed by atoms with Crippen LogP contribution in [-0.2, 0) is 6.42 Å². The van der Waals surface area contributed by atoms with Gasteiger partial charge in [-0.25, -0.2) is 4.98 Å². The Morgan fingerprint density at radius 2 is 2.00 bits per heavy atom. The highest BCUT2D eigenvalue weighted by Gasteiger charge is 2.23. The number of hydrogen-bond acceptors (Lipinski definition) is 4. The van der Waals surface area contributed by atoms with Gasteiger partial charge in [0.05, 0.1) is 0 Å². The van der Waals surface area contributed by atoms with Crippen molar-refractivity contribution in [3.05, 3.63) is 30.2 Å². The van der Waals surface area contributed by atoms with Crippen molar-refractivity contribution in [3.8, 4) is 0 Å². The van der Waals surface area contributed by atoms with Crippen LogP contribution in [0.2, 0.25) is 0 Å². The van der Waals surface area contributed by atoms with E-state index in [-0.39, 0.29) is 0 Å². The molecule has 0 aliphatic heterocycles. The van der Waals surface area contributed by atoms with Gasteiger partial charge in [-0.15, -0.1) is 0 Å². The molecule has 3 rings (SSSR count). The third kappa shape index (κ3) is 3.68. The number of aryl methyl sites for hydroxylation is 1. The standard InChI is InChI=1S/C18H26N2O2/c1-20(15-10-8-14(13-21)9-11-15)12-4-7-18-19-16-5-2-3-6-17(16)22-18/h2-3,5-6,14-15,21H,4,7-13H2,1H3. The minimum atomic E-state index is 0.355. The molecule has 0 amide bonds. The van der Waals surface area contributed by atoms with Crippen LogP contribution in [0.5, 0.6) is 0 Å². The molecule has 120 valence electrons. The average Bonchev–Trinajstić information content (AvgIpc) is 2.97. The second-order valence-corrected chi connectivity index (χ2v) is 6.52. The largest absolute Gasteiger partial charge is 0.441 e. The lowest BCUT2D eigenvalue weighted by Crippen LogP contribution is -2.36. The second kappa shape index (κ2) is 7.25. The number of rotatable bonds is 6. The van der Waals surface area contributed by atoms with Gasteiger partial charge >= 0.3 is 0 Å². The summed E-state index contributed by atoms with van der Waals surface area (Å²) in [5, 5.41) is 9.21. The summed E-state index contributed by atoms with van der Waals surface area (Å²) >= 11 is 0. The number of para-hydroxylation sites is 2. The van der Waals surface area contributed by atoms with Crippen LogP contribution in [-0.4, -0.2) is 41.2 Å². The molecule has 0 saturated heterocycles. The predicted molar refractivity (Wildman–Crippen MR) is 87.8 cm³/mol. The first kappa shape index (κ1) is 15.5. The highest BCUT2D eigenvalue weighted by molar-refractivity contribution is 5.72. The average molecular weight is 302 g/mol. The summed E-state index contributed by atoms with van der Waals surface area (Å²) in [6.45, 7) is 1.43. The first-order valence-corrected chi connectivity index (χ1v) is 8.42. The minimum Gasteiger partial charge on any atom is -0.441 e. The maximum atomic E-state index is 9.21. The molecule has 22 heavy (non-hydrogen) atoms. The summed E-state index contributed by atoms with van der Waals surface area (Å²) in [6.07, 6.45) is 6.72. The molecule has 1 aliphatic carbocycles. The van der Waals surface area contributed by atoms with E-state index in [2.05, 4.69) is 16.9 Å². The zero-order chi connectivity index (χ0) is 15.4. The molecule has 4 nitrogen and oxygen atoms in total. The Bertz CT molecular complexity index is 555. The van der Waals surface area contributed by atoms with Crippen molar-refractivity contribution in [1.29, 1.82) is 0 Å². The molecule has 1 saturated carbocycles. The fourth-order valence-corrected chi connectivity index (χ4v) is 3.46. The van der Waals surface area contributed by atoms with Gasteiger partial charge in [0, 0.05) is 19.1 Å². The van der Waals surface area contributed by atoms with Crippen molar-refractivity contribution in [2.24, 2.45) is 5.92 Å². The van der Waals surface area contributed by atoms with Gasteiger partial charge in [-0.05, 0) is 63.7 Å². The molecule has 1 fully saturated rings. The fourth-order valence-electron chi connectivity index (χ4n) is 3.46. The fraction of sp³-hybridized carbons (Fsp3) is 0.611. The Labute approximate surface area is 132 Å². The molecule has 0 bridgehead atoms. The summed E-state index contributed by atoms with van der Waals surface area (Å²) in [5.41, 5.74) is 1.83. The Balaban J connectivity index is 1.44. The lowest BCUT2D eigenvalue weighted by Gasteiger charge is -2.34. The van der Waals surface area contributed by atoms with E-state index in [0.717, 1.165) is 49.2 Å². The maximum Gasteiger partial charge on any atom is 0.195 e. The molecule has 0 spiro atoms. The number of benzene rings is 1. The van der Waals surface area contributed by atoms with Crippen LogP contribution < -0.4 is 0 Å². The second-order valence-electron chi connectivity index (χ2n) is 6.52. The summed E-state index contributed by atoms with van der Waals surface area (Å²) < 4.78 is 5.77. The molecular formula is C18H26N2O2. The molecule has 4 heteroatoms. The van der Waals surface area contributed by atoms with E-state index in [4.69, 9.17) is 4.42 Å². The van der Waals surface area contributed by atoms with Crippen LogP contribution in [0.3, 0.4) is 0 Å². The Hall–Kier alpha value is -1.39. The molecule has 0 atom stereocenters. The van der Waals surface area contributed by atoms with Crippen molar-refractivity contribution in [1.82, 2.24) is 9.88 Å². The minimum absolute atomic E-state index is 0.355. The summed E-state index contributed by atoms with van der Waals surface area (Å²) in [6, 6.07) is 8.61. The van der Waals surface area contributed by atoms with Gasteiger partial charge < -0.3 is 14.4 Å². The number of aliphatic hydroxyl groups excluding tert-OH is 1. The molecular weight excluding hydrogens is 276 g/mol. The molecule has 1 N–H and O–H groups in total. The van der Waals surface area contributed by atoms with E-state index in [1.165, 1.54) is 12.8 Å². The number of hydrogen-bond donors (Lipinski definition) is 1. The van der Waals surface area contributed by atoms with Crippen molar-refractivity contribution >= 4 is 11.1 Å². The van der Waals surface area contributed by atoms with Crippen LogP contribution in [0.25, 0.3) is 11.1 Å². The Morgan fingerprint density at radius 1 is 1.23 bits per heavy atom. The van der Waals surface area contributed by atoms with Crippen LogP contribution in [0, 0.1) is 5.92 Å². The smallest absolute Gasteiger partial charge is 0.195 e. The quantitative estimate of drug-likeness (QED) is 0.890.